The summed E-state index contributed by atoms with van der Waals surface area (Å²) in [6.07, 6.45) is 7.14. The minimum absolute atomic E-state index is 0.169. The van der Waals surface area contributed by atoms with E-state index in [1.54, 1.807) is 0 Å². The standard InChI is InChI=1S/C27H26F2N4O2/c1-15-9-22-23(10-16(15)2)27(34)33(31-26(22)21-6-3-18(28)11-24(21)29)20-7-8-35-25(12-20)17-13-30-32(14-17)19-4-5-19/h3,6,9-11,13-14,19-20,25H,4-5,7-8,12H2,1-2H3. The zero-order chi connectivity index (χ0) is 24.3. The number of nitrogens with zero attached hydrogens (tertiary/aromatic N) is 4. The summed E-state index contributed by atoms with van der Waals surface area (Å²) in [6.45, 7) is 4.36. The fraction of sp³-hybridized carbons (Fsp3) is 0.370. The van der Waals surface area contributed by atoms with E-state index >= 15 is 0 Å². The van der Waals surface area contributed by atoms with Crippen molar-refractivity contribution >= 4 is 10.8 Å². The van der Waals surface area contributed by atoms with E-state index in [1.807, 2.05) is 43.1 Å². The third kappa shape index (κ3) is 3.95. The van der Waals surface area contributed by atoms with E-state index in [-0.39, 0.29) is 23.3 Å². The van der Waals surface area contributed by atoms with Crippen molar-refractivity contribution in [2.45, 2.75) is 57.7 Å². The number of halogens is 2. The highest BCUT2D eigenvalue weighted by Gasteiger charge is 2.31. The molecule has 0 radical (unpaired) electrons. The Kier molecular flexibility index (Phi) is 5.29. The van der Waals surface area contributed by atoms with Crippen LogP contribution in [0, 0.1) is 25.5 Å². The molecular weight excluding hydrogens is 450 g/mol. The Bertz CT molecular complexity index is 1510. The average Bonchev–Trinajstić information content (AvgIpc) is 3.57. The molecule has 0 bridgehead atoms. The number of rotatable bonds is 4. The molecule has 2 atom stereocenters. The lowest BCUT2D eigenvalue weighted by Gasteiger charge is -2.30. The molecular formula is C27H26F2N4O2. The number of aromatic nitrogens is 4. The quantitative estimate of drug-likeness (QED) is 0.386. The first-order valence-corrected chi connectivity index (χ1v) is 12.0. The molecule has 1 saturated heterocycles. The van der Waals surface area contributed by atoms with Gasteiger partial charge in [0.25, 0.3) is 5.56 Å². The molecule has 1 aliphatic heterocycles. The van der Waals surface area contributed by atoms with E-state index in [2.05, 4.69) is 5.10 Å². The maximum Gasteiger partial charge on any atom is 0.274 e. The summed E-state index contributed by atoms with van der Waals surface area (Å²) in [7, 11) is 0. The van der Waals surface area contributed by atoms with Gasteiger partial charge in [0.15, 0.2) is 0 Å². The van der Waals surface area contributed by atoms with Crippen LogP contribution in [0.1, 0.15) is 60.6 Å². The van der Waals surface area contributed by atoms with Crippen molar-refractivity contribution in [3.05, 3.63) is 81.4 Å². The van der Waals surface area contributed by atoms with Gasteiger partial charge in [0.1, 0.15) is 17.3 Å². The number of ether oxygens (including phenoxy) is 1. The van der Waals surface area contributed by atoms with Crippen molar-refractivity contribution in [3.63, 3.8) is 0 Å². The van der Waals surface area contributed by atoms with Crippen molar-refractivity contribution < 1.29 is 13.5 Å². The Morgan fingerprint density at radius 3 is 2.51 bits per heavy atom. The Morgan fingerprint density at radius 2 is 1.77 bits per heavy atom. The lowest BCUT2D eigenvalue weighted by Crippen LogP contribution is -2.32. The molecule has 0 N–H and O–H groups in total. The Balaban J connectivity index is 1.46. The van der Waals surface area contributed by atoms with Crippen LogP contribution in [-0.4, -0.2) is 26.2 Å². The summed E-state index contributed by atoms with van der Waals surface area (Å²) >= 11 is 0. The predicted octanol–water partition coefficient (Wildman–Crippen LogP) is 5.58. The van der Waals surface area contributed by atoms with Gasteiger partial charge in [0.05, 0.1) is 29.8 Å². The zero-order valence-electron chi connectivity index (χ0n) is 19.7. The van der Waals surface area contributed by atoms with Gasteiger partial charge in [0, 0.05) is 41.8 Å². The number of fused-ring (bicyclic) bond motifs is 1. The average molecular weight is 477 g/mol. The van der Waals surface area contributed by atoms with Crippen LogP contribution in [0.2, 0.25) is 0 Å². The number of hydrogen-bond acceptors (Lipinski definition) is 4. The summed E-state index contributed by atoms with van der Waals surface area (Å²) in [6, 6.07) is 7.40. The van der Waals surface area contributed by atoms with Gasteiger partial charge in [-0.1, -0.05) is 0 Å². The van der Waals surface area contributed by atoms with Gasteiger partial charge in [-0.3, -0.25) is 9.48 Å². The highest BCUT2D eigenvalue weighted by molar-refractivity contribution is 5.94. The maximum atomic E-state index is 14.9. The predicted molar refractivity (Wildman–Crippen MR) is 128 cm³/mol. The summed E-state index contributed by atoms with van der Waals surface area (Å²) in [5, 5.41) is 10.2. The van der Waals surface area contributed by atoms with Crippen LogP contribution in [0.3, 0.4) is 0 Å². The number of aryl methyl sites for hydroxylation is 2. The van der Waals surface area contributed by atoms with Crippen LogP contribution in [0.25, 0.3) is 22.0 Å². The second-order valence-electron chi connectivity index (χ2n) is 9.73. The molecule has 4 aromatic rings. The van der Waals surface area contributed by atoms with E-state index < -0.39 is 11.6 Å². The SMILES string of the molecule is Cc1cc2c(-c3ccc(F)cc3F)nn(C3CCOC(c4cnn(C5CC5)c4)C3)c(=O)c2cc1C. The minimum atomic E-state index is -0.709. The van der Waals surface area contributed by atoms with Crippen molar-refractivity contribution in [1.29, 1.82) is 0 Å². The molecule has 2 aliphatic rings. The third-order valence-corrected chi connectivity index (χ3v) is 7.24. The fourth-order valence-electron chi connectivity index (χ4n) is 4.94. The minimum Gasteiger partial charge on any atom is -0.373 e. The van der Waals surface area contributed by atoms with Gasteiger partial charge in [0.2, 0.25) is 0 Å². The van der Waals surface area contributed by atoms with Gasteiger partial charge in [-0.25, -0.2) is 13.5 Å². The first kappa shape index (κ1) is 22.1. The van der Waals surface area contributed by atoms with Crippen molar-refractivity contribution in [1.82, 2.24) is 19.6 Å². The molecule has 0 spiro atoms. The summed E-state index contributed by atoms with van der Waals surface area (Å²) in [5.74, 6) is -1.37. The molecule has 2 unspecified atom stereocenters. The van der Waals surface area contributed by atoms with Crippen LogP contribution in [0.4, 0.5) is 8.78 Å². The number of benzene rings is 2. The van der Waals surface area contributed by atoms with Gasteiger partial charge < -0.3 is 4.74 Å². The summed E-state index contributed by atoms with van der Waals surface area (Å²) in [4.78, 5) is 13.6. The molecule has 2 aromatic carbocycles. The van der Waals surface area contributed by atoms with E-state index in [1.165, 1.54) is 16.8 Å². The van der Waals surface area contributed by atoms with Gasteiger partial charge >= 0.3 is 0 Å². The van der Waals surface area contributed by atoms with Crippen molar-refractivity contribution in [2.24, 2.45) is 0 Å². The normalized spacial score (nSPS) is 20.5. The molecule has 2 aromatic heterocycles. The first-order valence-electron chi connectivity index (χ1n) is 12.0. The third-order valence-electron chi connectivity index (χ3n) is 7.24. The van der Waals surface area contributed by atoms with Gasteiger partial charge in [-0.2, -0.15) is 10.2 Å². The van der Waals surface area contributed by atoms with Crippen LogP contribution in [0.15, 0.2) is 47.5 Å². The summed E-state index contributed by atoms with van der Waals surface area (Å²) < 4.78 is 38.0. The Labute approximate surface area is 201 Å². The van der Waals surface area contributed by atoms with E-state index in [4.69, 9.17) is 9.84 Å². The van der Waals surface area contributed by atoms with E-state index in [0.717, 1.165) is 35.6 Å². The lowest BCUT2D eigenvalue weighted by molar-refractivity contribution is -0.0102. The smallest absolute Gasteiger partial charge is 0.274 e. The van der Waals surface area contributed by atoms with Gasteiger partial charge in [-0.05, 0) is 68.5 Å². The molecule has 0 amide bonds. The van der Waals surface area contributed by atoms with Crippen molar-refractivity contribution in [3.8, 4) is 11.3 Å². The number of hydrogen-bond donors (Lipinski definition) is 0. The molecule has 1 saturated carbocycles. The molecule has 8 heteroatoms. The molecule has 35 heavy (non-hydrogen) atoms. The van der Waals surface area contributed by atoms with Crippen LogP contribution in [-0.2, 0) is 4.74 Å². The highest BCUT2D eigenvalue weighted by Crippen LogP contribution is 2.38. The molecule has 2 fully saturated rings. The van der Waals surface area contributed by atoms with Crippen molar-refractivity contribution in [2.75, 3.05) is 6.61 Å². The largest absolute Gasteiger partial charge is 0.373 e. The highest BCUT2D eigenvalue weighted by atomic mass is 19.1. The summed E-state index contributed by atoms with van der Waals surface area (Å²) in [5.41, 5.74) is 3.22. The monoisotopic (exact) mass is 476 g/mol. The lowest BCUT2D eigenvalue weighted by atomic mass is 9.97. The second-order valence-corrected chi connectivity index (χ2v) is 9.73. The zero-order valence-corrected chi connectivity index (χ0v) is 19.7. The van der Waals surface area contributed by atoms with E-state index in [9.17, 15) is 13.6 Å². The molecule has 6 nitrogen and oxygen atoms in total. The molecule has 180 valence electrons. The van der Waals surface area contributed by atoms with Gasteiger partial charge in [-0.15, -0.1) is 0 Å². The Morgan fingerprint density at radius 1 is 1.00 bits per heavy atom. The second kappa shape index (κ2) is 8.37. The van der Waals surface area contributed by atoms with E-state index in [0.29, 0.717) is 42.0 Å². The fourth-order valence-corrected chi connectivity index (χ4v) is 4.94. The molecule has 6 rings (SSSR count). The molecule has 3 heterocycles. The van der Waals surface area contributed by atoms with Crippen LogP contribution in [0.5, 0.6) is 0 Å². The van der Waals surface area contributed by atoms with Crippen LogP contribution < -0.4 is 5.56 Å². The Hall–Kier alpha value is -3.39. The maximum absolute atomic E-state index is 14.9. The topological polar surface area (TPSA) is 61.9 Å². The van der Waals surface area contributed by atoms with Crippen LogP contribution >= 0.6 is 0 Å². The molecule has 1 aliphatic carbocycles. The first-order chi connectivity index (χ1) is 16.9.